The molecule has 1 nitrogen and oxygen atoms in total. The van der Waals surface area contributed by atoms with Crippen LogP contribution >= 0.6 is 11.6 Å². The fourth-order valence-corrected chi connectivity index (χ4v) is 3.75. The molecule has 0 aromatic heterocycles. The zero-order chi connectivity index (χ0) is 11.2. The van der Waals surface area contributed by atoms with Gasteiger partial charge in [-0.3, -0.25) is 0 Å². The summed E-state index contributed by atoms with van der Waals surface area (Å²) in [4.78, 5) is 0. The maximum atomic E-state index is 10.9. The third-order valence-corrected chi connectivity index (χ3v) is 4.68. The van der Waals surface area contributed by atoms with Crippen LogP contribution in [0.3, 0.4) is 0 Å². The van der Waals surface area contributed by atoms with Crippen LogP contribution in [0.2, 0.25) is 5.02 Å². The van der Waals surface area contributed by atoms with Crippen LogP contribution < -0.4 is 0 Å². The van der Waals surface area contributed by atoms with Crippen LogP contribution in [0, 0.1) is 11.8 Å². The third kappa shape index (κ3) is 1.57. The van der Waals surface area contributed by atoms with Gasteiger partial charge in [-0.1, -0.05) is 23.7 Å². The van der Waals surface area contributed by atoms with Gasteiger partial charge >= 0.3 is 0 Å². The molecule has 3 aliphatic carbocycles. The Morgan fingerprint density at radius 2 is 1.94 bits per heavy atom. The van der Waals surface area contributed by atoms with E-state index >= 15 is 0 Å². The van der Waals surface area contributed by atoms with Crippen LogP contribution in [0.25, 0.3) is 0 Å². The van der Waals surface area contributed by atoms with E-state index in [-0.39, 0.29) is 0 Å². The fraction of sp³-hybridized carbons (Fsp3) is 0.571. The minimum atomic E-state index is -0.605. The SMILES string of the molecule is OC1(c2cccc(Cl)c2)CC2CCC1CC2. The van der Waals surface area contributed by atoms with Gasteiger partial charge in [-0.25, -0.2) is 0 Å². The average molecular weight is 237 g/mol. The van der Waals surface area contributed by atoms with Crippen molar-refractivity contribution in [3.8, 4) is 0 Å². The standard InChI is InChI=1S/C14H17ClO/c15-13-3-1-2-12(8-13)14(16)9-10-4-6-11(14)7-5-10/h1-3,8,10-11,16H,4-7,9H2. The van der Waals surface area contributed by atoms with Gasteiger partial charge in [0.1, 0.15) is 0 Å². The molecule has 1 unspecified atom stereocenters. The molecule has 16 heavy (non-hydrogen) atoms. The van der Waals surface area contributed by atoms with Crippen molar-refractivity contribution in [1.82, 2.24) is 0 Å². The molecule has 0 spiro atoms. The van der Waals surface area contributed by atoms with Crippen LogP contribution in [0.4, 0.5) is 0 Å². The van der Waals surface area contributed by atoms with E-state index in [1.807, 2.05) is 24.3 Å². The second kappa shape index (κ2) is 3.75. The molecule has 0 radical (unpaired) electrons. The van der Waals surface area contributed by atoms with Crippen molar-refractivity contribution in [3.63, 3.8) is 0 Å². The Hall–Kier alpha value is -0.530. The van der Waals surface area contributed by atoms with E-state index in [1.165, 1.54) is 25.7 Å². The highest BCUT2D eigenvalue weighted by molar-refractivity contribution is 6.30. The first-order valence-corrected chi connectivity index (χ1v) is 6.55. The lowest BCUT2D eigenvalue weighted by molar-refractivity contribution is -0.104. The quantitative estimate of drug-likeness (QED) is 0.788. The Labute approximate surface area is 101 Å². The molecule has 0 aliphatic heterocycles. The molecule has 3 fully saturated rings. The fourth-order valence-electron chi connectivity index (χ4n) is 3.56. The van der Waals surface area contributed by atoms with E-state index in [4.69, 9.17) is 11.6 Å². The number of aliphatic hydroxyl groups is 1. The van der Waals surface area contributed by atoms with Gasteiger partial charge in [0.2, 0.25) is 0 Å². The predicted octanol–water partition coefficient (Wildman–Crippen LogP) is 3.74. The molecule has 2 bridgehead atoms. The first kappa shape index (κ1) is 10.6. The van der Waals surface area contributed by atoms with Gasteiger partial charge in [0.15, 0.2) is 0 Å². The molecule has 1 N–H and O–H groups in total. The lowest BCUT2D eigenvalue weighted by Crippen LogP contribution is -2.45. The normalized spacial score (nSPS) is 37.6. The molecule has 1 atom stereocenters. The van der Waals surface area contributed by atoms with Gasteiger partial charge in [0.05, 0.1) is 5.60 Å². The van der Waals surface area contributed by atoms with Crippen LogP contribution in [0.5, 0.6) is 0 Å². The van der Waals surface area contributed by atoms with E-state index in [0.717, 1.165) is 17.0 Å². The molecule has 2 heteroatoms. The Balaban J connectivity index is 1.99. The van der Waals surface area contributed by atoms with E-state index in [2.05, 4.69) is 0 Å². The minimum absolute atomic E-state index is 0.441. The minimum Gasteiger partial charge on any atom is -0.385 e. The molecule has 3 saturated carbocycles. The summed E-state index contributed by atoms with van der Waals surface area (Å²) in [5.41, 5.74) is 0.418. The summed E-state index contributed by atoms with van der Waals surface area (Å²) in [7, 11) is 0. The van der Waals surface area contributed by atoms with Crippen LogP contribution in [-0.2, 0) is 5.60 Å². The molecular weight excluding hydrogens is 220 g/mol. The van der Waals surface area contributed by atoms with Crippen LogP contribution in [0.1, 0.15) is 37.7 Å². The average Bonchev–Trinajstić information content (AvgIpc) is 2.30. The molecule has 3 aliphatic rings. The Kier molecular flexibility index (Phi) is 2.49. The topological polar surface area (TPSA) is 20.2 Å². The molecular formula is C14H17ClO. The summed E-state index contributed by atoms with van der Waals surface area (Å²) in [6, 6.07) is 7.77. The van der Waals surface area contributed by atoms with Crippen molar-refractivity contribution in [2.45, 2.75) is 37.7 Å². The molecule has 4 rings (SSSR count). The van der Waals surface area contributed by atoms with Gasteiger partial charge in [0, 0.05) is 5.02 Å². The van der Waals surface area contributed by atoms with E-state index in [1.54, 1.807) is 0 Å². The van der Waals surface area contributed by atoms with E-state index in [9.17, 15) is 5.11 Å². The zero-order valence-electron chi connectivity index (χ0n) is 9.32. The van der Waals surface area contributed by atoms with Gasteiger partial charge in [0.25, 0.3) is 0 Å². The molecule has 0 saturated heterocycles. The molecule has 1 aromatic carbocycles. The highest BCUT2D eigenvalue weighted by atomic mass is 35.5. The smallest absolute Gasteiger partial charge is 0.0927 e. The number of halogens is 1. The third-order valence-electron chi connectivity index (χ3n) is 4.45. The molecule has 1 aromatic rings. The number of hydrogen-bond acceptors (Lipinski definition) is 1. The number of rotatable bonds is 1. The first-order valence-electron chi connectivity index (χ1n) is 6.17. The summed E-state index contributed by atoms with van der Waals surface area (Å²) in [6.45, 7) is 0. The Morgan fingerprint density at radius 3 is 2.50 bits per heavy atom. The van der Waals surface area contributed by atoms with E-state index in [0.29, 0.717) is 11.8 Å². The zero-order valence-corrected chi connectivity index (χ0v) is 10.1. The van der Waals surface area contributed by atoms with Gasteiger partial charge in [-0.05, 0) is 61.6 Å². The second-order valence-electron chi connectivity index (χ2n) is 5.36. The number of benzene rings is 1. The second-order valence-corrected chi connectivity index (χ2v) is 5.79. The maximum Gasteiger partial charge on any atom is 0.0927 e. The first-order chi connectivity index (χ1) is 7.68. The summed E-state index contributed by atoms with van der Waals surface area (Å²) in [5, 5.41) is 11.6. The highest BCUT2D eigenvalue weighted by Gasteiger charge is 2.47. The molecule has 0 amide bonds. The van der Waals surface area contributed by atoms with Crippen molar-refractivity contribution in [2.75, 3.05) is 0 Å². The molecule has 86 valence electrons. The van der Waals surface area contributed by atoms with Crippen LogP contribution in [-0.4, -0.2) is 5.11 Å². The van der Waals surface area contributed by atoms with E-state index < -0.39 is 5.60 Å². The summed E-state index contributed by atoms with van der Waals surface area (Å²) < 4.78 is 0. The van der Waals surface area contributed by atoms with Crippen molar-refractivity contribution in [2.24, 2.45) is 11.8 Å². The number of fused-ring (bicyclic) bond motifs is 3. The van der Waals surface area contributed by atoms with Crippen molar-refractivity contribution >= 4 is 11.6 Å². The summed E-state index contributed by atoms with van der Waals surface area (Å²) >= 11 is 6.02. The Morgan fingerprint density at radius 1 is 1.19 bits per heavy atom. The van der Waals surface area contributed by atoms with Crippen LogP contribution in [0.15, 0.2) is 24.3 Å². The Bertz CT molecular complexity index is 395. The predicted molar refractivity (Wildman–Crippen MR) is 65.4 cm³/mol. The molecule has 0 heterocycles. The lowest BCUT2D eigenvalue weighted by atomic mass is 9.60. The maximum absolute atomic E-state index is 10.9. The van der Waals surface area contributed by atoms with Crippen molar-refractivity contribution < 1.29 is 5.11 Å². The lowest BCUT2D eigenvalue weighted by Gasteiger charge is -2.49. The number of hydrogen-bond donors (Lipinski definition) is 1. The summed E-state index contributed by atoms with van der Waals surface area (Å²) in [5.74, 6) is 1.16. The van der Waals surface area contributed by atoms with Crippen molar-refractivity contribution in [3.05, 3.63) is 34.9 Å². The van der Waals surface area contributed by atoms with Crippen molar-refractivity contribution in [1.29, 1.82) is 0 Å². The van der Waals surface area contributed by atoms with Gasteiger partial charge < -0.3 is 5.11 Å². The monoisotopic (exact) mass is 236 g/mol. The van der Waals surface area contributed by atoms with Gasteiger partial charge in [-0.2, -0.15) is 0 Å². The summed E-state index contributed by atoms with van der Waals surface area (Å²) in [6.07, 6.45) is 5.88. The highest BCUT2D eigenvalue weighted by Crippen LogP contribution is 2.52. The largest absolute Gasteiger partial charge is 0.385 e. The van der Waals surface area contributed by atoms with Gasteiger partial charge in [-0.15, -0.1) is 0 Å².